The van der Waals surface area contributed by atoms with Crippen molar-refractivity contribution in [1.29, 1.82) is 0 Å². The van der Waals surface area contributed by atoms with E-state index < -0.39 is 6.10 Å². The molecule has 6 heteroatoms. The van der Waals surface area contributed by atoms with Crippen LogP contribution in [0.2, 0.25) is 0 Å². The molecule has 0 aliphatic rings. The molecule has 6 nitrogen and oxygen atoms in total. The molecule has 0 aromatic carbocycles. The highest BCUT2D eigenvalue weighted by Gasteiger charge is 2.19. The molecule has 344 valence electrons. The van der Waals surface area contributed by atoms with Gasteiger partial charge in [0.15, 0.2) is 6.10 Å². The van der Waals surface area contributed by atoms with Crippen molar-refractivity contribution in [2.24, 2.45) is 5.92 Å². The topological polar surface area (TPSA) is 78.9 Å². The van der Waals surface area contributed by atoms with Gasteiger partial charge >= 0.3 is 17.9 Å². The third-order valence-corrected chi connectivity index (χ3v) is 11.8. The first-order valence-corrected chi connectivity index (χ1v) is 25.9. The second kappa shape index (κ2) is 46.5. The van der Waals surface area contributed by atoms with Gasteiger partial charge in [0.1, 0.15) is 13.2 Å². The van der Waals surface area contributed by atoms with E-state index in [4.69, 9.17) is 14.2 Å². The standard InChI is InChI=1S/C52H100O6/c1-5-7-9-11-13-15-23-28-31-35-39-43-50(53)56-46-49(58-52(55)45-41-37-33-27-16-14-12-10-8-6-2)47-57-51(54)44-40-36-32-29-25-22-20-18-17-19-21-24-26-30-34-38-42-48(3)4/h48-49H,5-47H2,1-4H3/t49-/m0/s1. The number of esters is 3. The summed E-state index contributed by atoms with van der Waals surface area (Å²) in [5.74, 6) is 0.00627. The highest BCUT2D eigenvalue weighted by Crippen LogP contribution is 2.17. The molecule has 58 heavy (non-hydrogen) atoms. The van der Waals surface area contributed by atoms with E-state index in [1.54, 1.807) is 0 Å². The zero-order chi connectivity index (χ0) is 42.4. The SMILES string of the molecule is CCCCCCCCCCCCCC(=O)OC[C@@H](COC(=O)CCCCCCCCCCCCCCCCCCC(C)C)OC(=O)CCCCCCCCCCCC. The van der Waals surface area contributed by atoms with Gasteiger partial charge in [0.2, 0.25) is 0 Å². The molecule has 0 aliphatic heterocycles. The van der Waals surface area contributed by atoms with Gasteiger partial charge in [-0.1, -0.05) is 252 Å². The van der Waals surface area contributed by atoms with Crippen molar-refractivity contribution in [3.63, 3.8) is 0 Å². The van der Waals surface area contributed by atoms with E-state index in [-0.39, 0.29) is 31.1 Å². The van der Waals surface area contributed by atoms with Crippen LogP contribution in [-0.4, -0.2) is 37.2 Å². The molecule has 0 rings (SSSR count). The highest BCUT2D eigenvalue weighted by atomic mass is 16.6. The summed E-state index contributed by atoms with van der Waals surface area (Å²) in [4.78, 5) is 37.8. The fourth-order valence-electron chi connectivity index (χ4n) is 7.86. The molecule has 0 aromatic rings. The lowest BCUT2D eigenvalue weighted by molar-refractivity contribution is -0.167. The maximum atomic E-state index is 12.7. The maximum Gasteiger partial charge on any atom is 0.306 e. The molecule has 0 amide bonds. The first-order chi connectivity index (χ1) is 28.4. The lowest BCUT2D eigenvalue weighted by atomic mass is 10.0. The van der Waals surface area contributed by atoms with Gasteiger partial charge in [0.05, 0.1) is 0 Å². The lowest BCUT2D eigenvalue weighted by Crippen LogP contribution is -2.30. The third kappa shape index (κ3) is 45.5. The lowest BCUT2D eigenvalue weighted by Gasteiger charge is -2.18. The molecular weight excluding hydrogens is 721 g/mol. The third-order valence-electron chi connectivity index (χ3n) is 11.8. The van der Waals surface area contributed by atoms with Crippen molar-refractivity contribution in [1.82, 2.24) is 0 Å². The number of unbranched alkanes of at least 4 members (excludes halogenated alkanes) is 34. The van der Waals surface area contributed by atoms with Crippen LogP contribution in [0.5, 0.6) is 0 Å². The van der Waals surface area contributed by atoms with E-state index in [2.05, 4.69) is 27.7 Å². The maximum absolute atomic E-state index is 12.7. The van der Waals surface area contributed by atoms with Crippen LogP contribution >= 0.6 is 0 Å². The van der Waals surface area contributed by atoms with Crippen molar-refractivity contribution in [3.05, 3.63) is 0 Å². The van der Waals surface area contributed by atoms with Crippen molar-refractivity contribution >= 4 is 17.9 Å². The molecule has 0 saturated carbocycles. The van der Waals surface area contributed by atoms with Gasteiger partial charge in [-0.25, -0.2) is 0 Å². The van der Waals surface area contributed by atoms with Crippen LogP contribution < -0.4 is 0 Å². The van der Waals surface area contributed by atoms with Crippen LogP contribution in [-0.2, 0) is 28.6 Å². The summed E-state index contributed by atoms with van der Waals surface area (Å²) in [5.41, 5.74) is 0. The Morgan fingerprint density at radius 1 is 0.328 bits per heavy atom. The number of hydrogen-bond acceptors (Lipinski definition) is 6. The summed E-state index contributed by atoms with van der Waals surface area (Å²) < 4.78 is 16.8. The molecule has 0 aliphatic carbocycles. The van der Waals surface area contributed by atoms with Crippen LogP contribution in [0.15, 0.2) is 0 Å². The smallest absolute Gasteiger partial charge is 0.306 e. The highest BCUT2D eigenvalue weighted by molar-refractivity contribution is 5.71. The largest absolute Gasteiger partial charge is 0.462 e. The minimum absolute atomic E-state index is 0.0627. The van der Waals surface area contributed by atoms with Crippen LogP contribution in [0.1, 0.15) is 291 Å². The van der Waals surface area contributed by atoms with Crippen molar-refractivity contribution in [3.8, 4) is 0 Å². The summed E-state index contributed by atoms with van der Waals surface area (Å²) in [5, 5.41) is 0. The van der Waals surface area contributed by atoms with E-state index in [1.165, 1.54) is 186 Å². The monoisotopic (exact) mass is 821 g/mol. The van der Waals surface area contributed by atoms with E-state index >= 15 is 0 Å². The van der Waals surface area contributed by atoms with Gasteiger partial charge in [-0.2, -0.15) is 0 Å². The van der Waals surface area contributed by atoms with E-state index in [0.29, 0.717) is 19.3 Å². The average molecular weight is 821 g/mol. The molecular formula is C52H100O6. The minimum Gasteiger partial charge on any atom is -0.462 e. The molecule has 0 aromatic heterocycles. The predicted molar refractivity (Wildman–Crippen MR) is 247 cm³/mol. The second-order valence-electron chi connectivity index (χ2n) is 18.3. The zero-order valence-corrected chi connectivity index (χ0v) is 39.5. The minimum atomic E-state index is -0.759. The average Bonchev–Trinajstić information content (AvgIpc) is 3.21. The van der Waals surface area contributed by atoms with Crippen molar-refractivity contribution < 1.29 is 28.6 Å². The summed E-state index contributed by atoms with van der Waals surface area (Å²) >= 11 is 0. The molecule has 0 bridgehead atoms. The first-order valence-electron chi connectivity index (χ1n) is 25.9. The molecule has 0 spiro atoms. The predicted octanol–water partition coefficient (Wildman–Crippen LogP) is 16.7. The number of hydrogen-bond donors (Lipinski definition) is 0. The summed E-state index contributed by atoms with van der Waals surface area (Å²) in [7, 11) is 0. The Balaban J connectivity index is 4.21. The van der Waals surface area contributed by atoms with Gasteiger partial charge in [-0.15, -0.1) is 0 Å². The Hall–Kier alpha value is -1.59. The molecule has 0 saturated heterocycles. The number of ether oxygens (including phenoxy) is 3. The Morgan fingerprint density at radius 3 is 0.845 bits per heavy atom. The summed E-state index contributed by atoms with van der Waals surface area (Å²) in [6.45, 7) is 9.02. The normalized spacial score (nSPS) is 11.9. The zero-order valence-electron chi connectivity index (χ0n) is 39.5. The van der Waals surface area contributed by atoms with Crippen LogP contribution in [0.4, 0.5) is 0 Å². The van der Waals surface area contributed by atoms with Gasteiger partial charge in [-0.05, 0) is 25.2 Å². The van der Waals surface area contributed by atoms with Gasteiger partial charge in [0.25, 0.3) is 0 Å². The van der Waals surface area contributed by atoms with Gasteiger partial charge in [0, 0.05) is 19.3 Å². The van der Waals surface area contributed by atoms with Crippen LogP contribution in [0.3, 0.4) is 0 Å². The number of carbonyl (C=O) groups is 3. The Bertz CT molecular complexity index is 872. The van der Waals surface area contributed by atoms with E-state index in [0.717, 1.165) is 63.7 Å². The quantitative estimate of drug-likeness (QED) is 0.0346. The van der Waals surface area contributed by atoms with Crippen LogP contribution in [0.25, 0.3) is 0 Å². The molecule has 0 radical (unpaired) electrons. The fraction of sp³-hybridized carbons (Fsp3) is 0.942. The molecule has 0 unspecified atom stereocenters. The number of carbonyl (C=O) groups excluding carboxylic acids is 3. The molecule has 0 fully saturated rings. The van der Waals surface area contributed by atoms with Gasteiger partial charge < -0.3 is 14.2 Å². The van der Waals surface area contributed by atoms with Gasteiger partial charge in [-0.3, -0.25) is 14.4 Å². The van der Waals surface area contributed by atoms with Crippen molar-refractivity contribution in [2.45, 2.75) is 297 Å². The molecule has 0 N–H and O–H groups in total. The second-order valence-corrected chi connectivity index (χ2v) is 18.3. The first kappa shape index (κ1) is 56.4. The van der Waals surface area contributed by atoms with E-state index in [1.807, 2.05) is 0 Å². The number of rotatable bonds is 47. The fourth-order valence-corrected chi connectivity index (χ4v) is 7.86. The molecule has 0 heterocycles. The van der Waals surface area contributed by atoms with Crippen LogP contribution in [0, 0.1) is 5.92 Å². The summed E-state index contributed by atoms with van der Waals surface area (Å²) in [6, 6.07) is 0. The van der Waals surface area contributed by atoms with E-state index in [9.17, 15) is 14.4 Å². The molecule has 1 atom stereocenters. The van der Waals surface area contributed by atoms with Crippen molar-refractivity contribution in [2.75, 3.05) is 13.2 Å². The Labute approximate surface area is 361 Å². The Kier molecular flexibility index (Phi) is 45.2. The Morgan fingerprint density at radius 2 is 0.569 bits per heavy atom. The summed E-state index contributed by atoms with van der Waals surface area (Å²) in [6.07, 6.45) is 48.0.